The molecule has 0 heterocycles. The quantitative estimate of drug-likeness (QED) is 0.933. The van der Waals surface area contributed by atoms with E-state index in [-0.39, 0.29) is 16.5 Å². The lowest BCUT2D eigenvalue weighted by atomic mass is 10.2. The minimum Gasteiger partial charge on any atom is -0.345 e. The first kappa shape index (κ1) is 17.0. The zero-order valence-corrected chi connectivity index (χ0v) is 13.8. The molecule has 2 aromatic rings. The second-order valence-corrected chi connectivity index (χ2v) is 6.95. The van der Waals surface area contributed by atoms with Crippen LogP contribution in [0.4, 0.5) is 10.1 Å². The predicted octanol–water partition coefficient (Wildman–Crippen LogP) is 2.64. The first-order chi connectivity index (χ1) is 10.7. The van der Waals surface area contributed by atoms with Gasteiger partial charge in [-0.05, 0) is 48.9 Å². The van der Waals surface area contributed by atoms with Gasteiger partial charge in [-0.25, -0.2) is 12.8 Å². The Morgan fingerprint density at radius 1 is 1.13 bits per heavy atom. The van der Waals surface area contributed by atoms with Gasteiger partial charge in [-0.15, -0.1) is 0 Å². The molecule has 0 aromatic heterocycles. The Morgan fingerprint density at radius 2 is 1.83 bits per heavy atom. The molecular weight excluding hydrogens is 319 g/mol. The van der Waals surface area contributed by atoms with Crippen LogP contribution in [-0.2, 0) is 10.0 Å². The zero-order valence-electron chi connectivity index (χ0n) is 13.0. The fourth-order valence-corrected chi connectivity index (χ4v) is 3.38. The third-order valence-electron chi connectivity index (χ3n) is 3.19. The van der Waals surface area contributed by atoms with Gasteiger partial charge in [0.25, 0.3) is 15.9 Å². The zero-order chi connectivity index (χ0) is 17.2. The van der Waals surface area contributed by atoms with E-state index in [4.69, 9.17) is 0 Å². The van der Waals surface area contributed by atoms with E-state index in [1.165, 1.54) is 24.0 Å². The third-order valence-corrected chi connectivity index (χ3v) is 4.74. The highest BCUT2D eigenvalue weighted by Crippen LogP contribution is 2.21. The smallest absolute Gasteiger partial charge is 0.262 e. The molecule has 5 nitrogen and oxygen atoms in total. The van der Waals surface area contributed by atoms with Crippen molar-refractivity contribution in [1.29, 1.82) is 0 Å². The number of sulfonamides is 1. The van der Waals surface area contributed by atoms with Crippen LogP contribution in [0.15, 0.2) is 47.4 Å². The summed E-state index contributed by atoms with van der Waals surface area (Å²) in [5, 5.41) is 0. The van der Waals surface area contributed by atoms with E-state index in [2.05, 4.69) is 4.72 Å². The highest BCUT2D eigenvalue weighted by molar-refractivity contribution is 7.92. The van der Waals surface area contributed by atoms with Crippen molar-refractivity contribution in [2.45, 2.75) is 11.8 Å². The van der Waals surface area contributed by atoms with E-state index in [0.717, 1.165) is 12.1 Å². The fourth-order valence-electron chi connectivity index (χ4n) is 2.10. The molecule has 0 bridgehead atoms. The second-order valence-electron chi connectivity index (χ2n) is 5.30. The molecule has 0 aliphatic carbocycles. The molecule has 7 heteroatoms. The SMILES string of the molecule is Cc1cc(F)ccc1S(=O)(=O)Nc1cccc(C(=O)N(C)C)c1. The normalized spacial score (nSPS) is 11.1. The summed E-state index contributed by atoms with van der Waals surface area (Å²) >= 11 is 0. The van der Waals surface area contributed by atoms with E-state index < -0.39 is 15.8 Å². The van der Waals surface area contributed by atoms with Crippen molar-refractivity contribution in [3.8, 4) is 0 Å². The van der Waals surface area contributed by atoms with Crippen LogP contribution >= 0.6 is 0 Å². The summed E-state index contributed by atoms with van der Waals surface area (Å²) in [6.45, 7) is 1.52. The summed E-state index contributed by atoms with van der Waals surface area (Å²) in [6, 6.07) is 9.65. The molecule has 0 saturated carbocycles. The molecule has 2 aromatic carbocycles. The van der Waals surface area contributed by atoms with Gasteiger partial charge in [0.05, 0.1) is 4.90 Å². The Labute approximate surface area is 134 Å². The second kappa shape index (κ2) is 6.37. The minimum absolute atomic E-state index is 0.0109. The number of carbonyl (C=O) groups excluding carboxylic acids is 1. The molecule has 0 fully saturated rings. The molecule has 0 saturated heterocycles. The molecule has 1 amide bonds. The van der Waals surface area contributed by atoms with Crippen molar-refractivity contribution in [3.63, 3.8) is 0 Å². The Hall–Kier alpha value is -2.41. The highest BCUT2D eigenvalue weighted by atomic mass is 32.2. The van der Waals surface area contributed by atoms with Crippen molar-refractivity contribution in [2.24, 2.45) is 0 Å². The summed E-state index contributed by atoms with van der Waals surface area (Å²) in [5.74, 6) is -0.732. The van der Waals surface area contributed by atoms with Crippen LogP contribution in [-0.4, -0.2) is 33.3 Å². The van der Waals surface area contributed by atoms with Crippen LogP contribution in [0.5, 0.6) is 0 Å². The number of nitrogens with zero attached hydrogens (tertiary/aromatic N) is 1. The molecule has 0 atom stereocenters. The summed E-state index contributed by atoms with van der Waals surface area (Å²) in [7, 11) is -0.641. The lowest BCUT2D eigenvalue weighted by Crippen LogP contribution is -2.22. The molecular formula is C16H17FN2O3S. The van der Waals surface area contributed by atoms with Crippen LogP contribution in [0.3, 0.4) is 0 Å². The van der Waals surface area contributed by atoms with E-state index in [9.17, 15) is 17.6 Å². The molecule has 23 heavy (non-hydrogen) atoms. The molecule has 122 valence electrons. The van der Waals surface area contributed by atoms with E-state index in [0.29, 0.717) is 11.1 Å². The Balaban J connectivity index is 2.34. The van der Waals surface area contributed by atoms with Crippen LogP contribution in [0.2, 0.25) is 0 Å². The Kier molecular flexibility index (Phi) is 4.70. The minimum atomic E-state index is -3.87. The van der Waals surface area contributed by atoms with Gasteiger partial charge in [0, 0.05) is 25.3 Å². The van der Waals surface area contributed by atoms with Gasteiger partial charge in [-0.1, -0.05) is 6.07 Å². The van der Waals surface area contributed by atoms with Gasteiger partial charge in [0.2, 0.25) is 0 Å². The van der Waals surface area contributed by atoms with Crippen LogP contribution < -0.4 is 4.72 Å². The summed E-state index contributed by atoms with van der Waals surface area (Å²) in [6.07, 6.45) is 0. The molecule has 0 aliphatic rings. The number of carbonyl (C=O) groups is 1. The lowest BCUT2D eigenvalue weighted by molar-refractivity contribution is 0.0827. The van der Waals surface area contributed by atoms with E-state index in [1.54, 1.807) is 32.3 Å². The number of nitrogens with one attached hydrogen (secondary N) is 1. The monoisotopic (exact) mass is 336 g/mol. The van der Waals surface area contributed by atoms with Crippen molar-refractivity contribution in [3.05, 3.63) is 59.4 Å². The largest absolute Gasteiger partial charge is 0.345 e. The summed E-state index contributed by atoms with van der Waals surface area (Å²) in [4.78, 5) is 13.3. The Bertz CT molecular complexity index is 848. The van der Waals surface area contributed by atoms with Crippen LogP contribution in [0.1, 0.15) is 15.9 Å². The van der Waals surface area contributed by atoms with E-state index >= 15 is 0 Å². The lowest BCUT2D eigenvalue weighted by Gasteiger charge is -2.13. The van der Waals surface area contributed by atoms with Crippen molar-refractivity contribution in [2.75, 3.05) is 18.8 Å². The maximum Gasteiger partial charge on any atom is 0.262 e. The van der Waals surface area contributed by atoms with Crippen molar-refractivity contribution < 1.29 is 17.6 Å². The third kappa shape index (κ3) is 3.87. The number of hydrogen-bond acceptors (Lipinski definition) is 3. The predicted molar refractivity (Wildman–Crippen MR) is 86.4 cm³/mol. The Morgan fingerprint density at radius 3 is 2.43 bits per heavy atom. The summed E-state index contributed by atoms with van der Waals surface area (Å²) < 4.78 is 40.4. The fraction of sp³-hybridized carbons (Fsp3) is 0.188. The number of amides is 1. The number of aryl methyl sites for hydroxylation is 1. The van der Waals surface area contributed by atoms with Crippen LogP contribution in [0, 0.1) is 12.7 Å². The first-order valence-electron chi connectivity index (χ1n) is 6.81. The first-order valence-corrected chi connectivity index (χ1v) is 8.30. The van der Waals surface area contributed by atoms with Gasteiger partial charge < -0.3 is 4.90 Å². The number of benzene rings is 2. The number of anilines is 1. The molecule has 2 rings (SSSR count). The molecule has 0 unspecified atom stereocenters. The van der Waals surface area contributed by atoms with Gasteiger partial charge >= 0.3 is 0 Å². The van der Waals surface area contributed by atoms with Crippen LogP contribution in [0.25, 0.3) is 0 Å². The maximum atomic E-state index is 13.1. The average Bonchev–Trinajstić information content (AvgIpc) is 2.45. The van der Waals surface area contributed by atoms with Crippen molar-refractivity contribution in [1.82, 2.24) is 4.90 Å². The molecule has 0 radical (unpaired) electrons. The van der Waals surface area contributed by atoms with Gasteiger partial charge in [-0.2, -0.15) is 0 Å². The van der Waals surface area contributed by atoms with E-state index in [1.807, 2.05) is 0 Å². The number of halogens is 1. The topological polar surface area (TPSA) is 66.5 Å². The van der Waals surface area contributed by atoms with Crippen molar-refractivity contribution >= 4 is 21.6 Å². The maximum absolute atomic E-state index is 13.1. The number of rotatable bonds is 4. The van der Waals surface area contributed by atoms with Gasteiger partial charge in [-0.3, -0.25) is 9.52 Å². The average molecular weight is 336 g/mol. The number of hydrogen-bond donors (Lipinski definition) is 1. The van der Waals surface area contributed by atoms with Gasteiger partial charge in [0.15, 0.2) is 0 Å². The standard InChI is InChI=1S/C16H17FN2O3S/c1-11-9-13(17)7-8-15(11)23(21,22)18-14-6-4-5-12(10-14)16(20)19(2)3/h4-10,18H,1-3H3. The molecule has 1 N–H and O–H groups in total. The molecule has 0 aliphatic heterocycles. The highest BCUT2D eigenvalue weighted by Gasteiger charge is 2.18. The summed E-state index contributed by atoms with van der Waals surface area (Å²) in [5.41, 5.74) is 0.936. The molecule has 0 spiro atoms. The van der Waals surface area contributed by atoms with Gasteiger partial charge in [0.1, 0.15) is 5.82 Å².